The third-order valence-corrected chi connectivity index (χ3v) is 4.02. The van der Waals surface area contributed by atoms with Crippen LogP contribution in [0.2, 0.25) is 0 Å². The SMILES string of the molecule is O=C1C(=O)c2ccccc2C2=C1C1C=CC=CC(C1)O2. The maximum atomic E-state index is 12.4. The van der Waals surface area contributed by atoms with Crippen molar-refractivity contribution in [2.24, 2.45) is 5.92 Å². The second-order valence-electron chi connectivity index (χ2n) is 5.21. The molecule has 0 amide bonds. The van der Waals surface area contributed by atoms with Crippen LogP contribution >= 0.6 is 0 Å². The highest BCUT2D eigenvalue weighted by Gasteiger charge is 2.41. The van der Waals surface area contributed by atoms with Gasteiger partial charge in [0.2, 0.25) is 11.6 Å². The Bertz CT molecular complexity index is 722. The Morgan fingerprint density at radius 3 is 2.55 bits per heavy atom. The fourth-order valence-electron chi connectivity index (χ4n) is 3.08. The molecule has 3 aliphatic rings. The van der Waals surface area contributed by atoms with Crippen LogP contribution in [-0.4, -0.2) is 17.7 Å². The Morgan fingerprint density at radius 1 is 0.950 bits per heavy atom. The van der Waals surface area contributed by atoms with E-state index in [0.717, 1.165) is 5.56 Å². The molecule has 3 heteroatoms. The molecule has 0 aromatic heterocycles. The predicted octanol–water partition coefficient (Wildman–Crippen LogP) is 2.69. The number of fused-ring (bicyclic) bond motifs is 5. The maximum absolute atomic E-state index is 12.4. The van der Waals surface area contributed by atoms with E-state index in [-0.39, 0.29) is 12.0 Å². The average Bonchev–Trinajstić information content (AvgIpc) is 2.66. The molecule has 20 heavy (non-hydrogen) atoms. The van der Waals surface area contributed by atoms with E-state index in [1.807, 2.05) is 36.4 Å². The van der Waals surface area contributed by atoms with Gasteiger partial charge < -0.3 is 4.74 Å². The van der Waals surface area contributed by atoms with Crippen LogP contribution in [-0.2, 0) is 9.53 Å². The molecular formula is C17H12O3. The van der Waals surface area contributed by atoms with Gasteiger partial charge in [0.15, 0.2) is 0 Å². The number of carbonyl (C=O) groups excluding carboxylic acids is 2. The van der Waals surface area contributed by atoms with Crippen molar-refractivity contribution in [3.8, 4) is 0 Å². The number of hydrogen-bond acceptors (Lipinski definition) is 3. The second-order valence-corrected chi connectivity index (χ2v) is 5.21. The van der Waals surface area contributed by atoms with Gasteiger partial charge in [0.1, 0.15) is 11.9 Å². The molecule has 2 atom stereocenters. The third-order valence-electron chi connectivity index (χ3n) is 4.02. The molecule has 1 aromatic rings. The first kappa shape index (κ1) is 11.4. The summed E-state index contributed by atoms with van der Waals surface area (Å²) in [6, 6.07) is 7.16. The number of carbonyl (C=O) groups is 2. The van der Waals surface area contributed by atoms with Gasteiger partial charge in [0, 0.05) is 17.0 Å². The Kier molecular flexibility index (Phi) is 2.30. The Morgan fingerprint density at radius 2 is 1.70 bits per heavy atom. The molecular weight excluding hydrogens is 252 g/mol. The molecule has 3 nitrogen and oxygen atoms in total. The van der Waals surface area contributed by atoms with Crippen molar-refractivity contribution in [2.75, 3.05) is 0 Å². The van der Waals surface area contributed by atoms with Crippen molar-refractivity contribution >= 4 is 17.3 Å². The van der Waals surface area contributed by atoms with Crippen LogP contribution in [0, 0.1) is 5.92 Å². The summed E-state index contributed by atoms with van der Waals surface area (Å²) in [6.07, 6.45) is 8.50. The summed E-state index contributed by atoms with van der Waals surface area (Å²) in [5.41, 5.74) is 1.71. The summed E-state index contributed by atoms with van der Waals surface area (Å²) in [5.74, 6) is -0.299. The Hall–Kier alpha value is -2.42. The Labute approximate surface area is 116 Å². The molecule has 2 unspecified atom stereocenters. The zero-order chi connectivity index (χ0) is 13.7. The number of benzene rings is 1. The van der Waals surface area contributed by atoms with Crippen LogP contribution in [0.25, 0.3) is 5.76 Å². The summed E-state index contributed by atoms with van der Waals surface area (Å²) >= 11 is 0. The van der Waals surface area contributed by atoms with Crippen LogP contribution in [0.1, 0.15) is 22.3 Å². The van der Waals surface area contributed by atoms with E-state index in [2.05, 4.69) is 0 Å². The van der Waals surface area contributed by atoms with Gasteiger partial charge in [-0.3, -0.25) is 9.59 Å². The van der Waals surface area contributed by atoms with E-state index in [9.17, 15) is 9.59 Å². The minimum Gasteiger partial charge on any atom is -0.485 e. The van der Waals surface area contributed by atoms with E-state index in [1.165, 1.54) is 0 Å². The van der Waals surface area contributed by atoms with Gasteiger partial charge in [-0.1, -0.05) is 42.5 Å². The lowest BCUT2D eigenvalue weighted by Crippen LogP contribution is -2.33. The van der Waals surface area contributed by atoms with Gasteiger partial charge in [0.05, 0.1) is 5.57 Å². The van der Waals surface area contributed by atoms with E-state index >= 15 is 0 Å². The largest absolute Gasteiger partial charge is 0.485 e. The highest BCUT2D eigenvalue weighted by Crippen LogP contribution is 2.41. The first-order chi connectivity index (χ1) is 9.75. The first-order valence-electron chi connectivity index (χ1n) is 6.70. The van der Waals surface area contributed by atoms with Crippen molar-refractivity contribution in [2.45, 2.75) is 12.5 Å². The monoisotopic (exact) mass is 264 g/mol. The average molecular weight is 264 g/mol. The molecule has 4 rings (SSSR count). The molecule has 0 spiro atoms. The fourth-order valence-corrected chi connectivity index (χ4v) is 3.08. The zero-order valence-electron chi connectivity index (χ0n) is 10.7. The molecule has 2 bridgehead atoms. The van der Waals surface area contributed by atoms with Gasteiger partial charge in [-0.05, 0) is 12.5 Å². The molecule has 2 aliphatic carbocycles. The molecule has 1 aliphatic heterocycles. The van der Waals surface area contributed by atoms with Crippen molar-refractivity contribution in [3.05, 3.63) is 65.3 Å². The Balaban J connectivity index is 1.98. The van der Waals surface area contributed by atoms with Crippen LogP contribution < -0.4 is 0 Å². The van der Waals surface area contributed by atoms with Crippen molar-refractivity contribution < 1.29 is 14.3 Å². The fraction of sp³-hybridized carbons (Fsp3) is 0.176. The van der Waals surface area contributed by atoms with Gasteiger partial charge >= 0.3 is 0 Å². The summed E-state index contributed by atoms with van der Waals surface area (Å²) in [4.78, 5) is 24.6. The van der Waals surface area contributed by atoms with Gasteiger partial charge in [0.25, 0.3) is 0 Å². The number of rotatable bonds is 0. The number of allylic oxidation sites excluding steroid dienone is 4. The predicted molar refractivity (Wildman–Crippen MR) is 74.0 cm³/mol. The molecule has 0 saturated heterocycles. The van der Waals surface area contributed by atoms with Crippen LogP contribution in [0.5, 0.6) is 0 Å². The maximum Gasteiger partial charge on any atom is 0.234 e. The molecule has 0 radical (unpaired) electrons. The molecule has 98 valence electrons. The number of hydrogen-bond donors (Lipinski definition) is 0. The van der Waals surface area contributed by atoms with Crippen LogP contribution in [0.3, 0.4) is 0 Å². The van der Waals surface area contributed by atoms with Gasteiger partial charge in [-0.2, -0.15) is 0 Å². The number of ketones is 2. The zero-order valence-corrected chi connectivity index (χ0v) is 10.7. The first-order valence-corrected chi connectivity index (χ1v) is 6.70. The molecule has 1 aromatic carbocycles. The van der Waals surface area contributed by atoms with Crippen LogP contribution in [0.4, 0.5) is 0 Å². The van der Waals surface area contributed by atoms with Crippen molar-refractivity contribution in [3.63, 3.8) is 0 Å². The molecule has 0 fully saturated rings. The summed E-state index contributed by atoms with van der Waals surface area (Å²) in [5, 5.41) is 0. The quantitative estimate of drug-likeness (QED) is 0.677. The highest BCUT2D eigenvalue weighted by molar-refractivity contribution is 6.52. The van der Waals surface area contributed by atoms with Gasteiger partial charge in [-0.15, -0.1) is 0 Å². The number of Topliss-reactive ketones (excluding diaryl/α,β-unsaturated/α-hetero) is 2. The van der Waals surface area contributed by atoms with Crippen LogP contribution in [0.15, 0.2) is 54.1 Å². The lowest BCUT2D eigenvalue weighted by atomic mass is 9.79. The van der Waals surface area contributed by atoms with Crippen molar-refractivity contribution in [1.82, 2.24) is 0 Å². The summed E-state index contributed by atoms with van der Waals surface area (Å²) in [6.45, 7) is 0. The summed E-state index contributed by atoms with van der Waals surface area (Å²) in [7, 11) is 0. The number of ether oxygens (including phenoxy) is 1. The van der Waals surface area contributed by atoms with E-state index in [0.29, 0.717) is 23.3 Å². The van der Waals surface area contributed by atoms with E-state index in [1.54, 1.807) is 12.1 Å². The smallest absolute Gasteiger partial charge is 0.234 e. The lowest BCUT2D eigenvalue weighted by Gasteiger charge is -2.33. The standard InChI is InChI=1S/C17H12O3/c18-15-12-7-3-4-8-13(12)17-14(16(15)19)10-5-1-2-6-11(9-10)20-17/h1-8,10-11H,9H2. The third kappa shape index (κ3) is 1.46. The normalized spacial score (nSPS) is 26.8. The minimum absolute atomic E-state index is 0.0384. The molecule has 1 heterocycles. The van der Waals surface area contributed by atoms with Gasteiger partial charge in [-0.25, -0.2) is 0 Å². The highest BCUT2D eigenvalue weighted by atomic mass is 16.5. The van der Waals surface area contributed by atoms with E-state index in [4.69, 9.17) is 4.74 Å². The minimum atomic E-state index is -0.424. The lowest BCUT2D eigenvalue weighted by molar-refractivity contribution is -0.112. The summed E-state index contributed by atoms with van der Waals surface area (Å²) < 4.78 is 5.97. The molecule has 0 N–H and O–H groups in total. The van der Waals surface area contributed by atoms with E-state index < -0.39 is 11.6 Å². The van der Waals surface area contributed by atoms with Crippen molar-refractivity contribution in [1.29, 1.82) is 0 Å². The second kappa shape index (κ2) is 4.04. The topological polar surface area (TPSA) is 43.4 Å². The molecule has 0 saturated carbocycles.